The normalized spacial score (nSPS) is 12.2. The predicted octanol–water partition coefficient (Wildman–Crippen LogP) is 4.13. The maximum Gasteiger partial charge on any atom is 0.159 e. The lowest BCUT2D eigenvalue weighted by Gasteiger charge is -2.18. The van der Waals surface area contributed by atoms with E-state index in [0.29, 0.717) is 22.8 Å². The summed E-state index contributed by atoms with van der Waals surface area (Å²) in [7, 11) is 3.36. The number of ether oxygens (including phenoxy) is 1. The highest BCUT2D eigenvalue weighted by Gasteiger charge is 2.13. The van der Waals surface area contributed by atoms with Crippen LogP contribution in [-0.4, -0.2) is 14.2 Å². The van der Waals surface area contributed by atoms with Crippen LogP contribution in [0.3, 0.4) is 0 Å². The van der Waals surface area contributed by atoms with Crippen LogP contribution in [0.15, 0.2) is 36.4 Å². The minimum Gasteiger partial charge on any atom is -0.495 e. The molecule has 0 fully saturated rings. The van der Waals surface area contributed by atoms with Crippen molar-refractivity contribution in [2.24, 2.45) is 0 Å². The van der Waals surface area contributed by atoms with Crippen molar-refractivity contribution in [2.45, 2.75) is 12.5 Å². The number of nitrogens with one attached hydrogen (secondary N) is 1. The molecule has 2 aromatic carbocycles. The Morgan fingerprint density at radius 2 is 1.90 bits per heavy atom. The zero-order valence-corrected chi connectivity index (χ0v) is 12.5. The smallest absolute Gasteiger partial charge is 0.159 e. The van der Waals surface area contributed by atoms with Crippen molar-refractivity contribution in [3.8, 4) is 5.75 Å². The van der Waals surface area contributed by atoms with Gasteiger partial charge in [-0.2, -0.15) is 0 Å². The standard InChI is InChI=1S/C16H16ClF2NO/c1-20-15(8-10-3-5-13(18)14(19)7-10)11-4-6-16(21-2)12(17)9-11/h3-7,9,15,20H,8H2,1-2H3. The van der Waals surface area contributed by atoms with E-state index in [4.69, 9.17) is 16.3 Å². The third-order valence-electron chi connectivity index (χ3n) is 3.35. The van der Waals surface area contributed by atoms with Crippen LogP contribution in [0.4, 0.5) is 8.78 Å². The van der Waals surface area contributed by atoms with Gasteiger partial charge in [-0.05, 0) is 48.9 Å². The molecule has 0 aliphatic rings. The highest BCUT2D eigenvalue weighted by atomic mass is 35.5. The third kappa shape index (κ3) is 3.71. The number of halogens is 3. The first-order valence-electron chi connectivity index (χ1n) is 6.49. The minimum absolute atomic E-state index is 0.0572. The van der Waals surface area contributed by atoms with Gasteiger partial charge in [0.1, 0.15) is 5.75 Å². The molecule has 0 aliphatic heterocycles. The number of methoxy groups -OCH3 is 1. The second-order valence-corrected chi connectivity index (χ2v) is 5.10. The van der Waals surface area contributed by atoms with Gasteiger partial charge in [0, 0.05) is 6.04 Å². The van der Waals surface area contributed by atoms with Crippen molar-refractivity contribution in [3.63, 3.8) is 0 Å². The highest BCUT2D eigenvalue weighted by molar-refractivity contribution is 6.32. The number of hydrogen-bond acceptors (Lipinski definition) is 2. The number of rotatable bonds is 5. The Morgan fingerprint density at radius 1 is 1.14 bits per heavy atom. The van der Waals surface area contributed by atoms with Crippen LogP contribution in [0.2, 0.25) is 5.02 Å². The van der Waals surface area contributed by atoms with Crippen LogP contribution < -0.4 is 10.1 Å². The molecule has 1 atom stereocenters. The molecule has 0 saturated carbocycles. The number of benzene rings is 2. The van der Waals surface area contributed by atoms with Crippen molar-refractivity contribution in [3.05, 3.63) is 64.2 Å². The average molecular weight is 312 g/mol. The van der Waals surface area contributed by atoms with Crippen molar-refractivity contribution in [1.29, 1.82) is 0 Å². The Hall–Kier alpha value is -1.65. The number of likely N-dealkylation sites (N-methyl/N-ethyl adjacent to an activating group) is 1. The Kier molecular flexibility index (Phi) is 5.15. The molecule has 1 unspecified atom stereocenters. The van der Waals surface area contributed by atoms with Crippen molar-refractivity contribution < 1.29 is 13.5 Å². The first kappa shape index (κ1) is 15.7. The summed E-state index contributed by atoms with van der Waals surface area (Å²) in [5, 5.41) is 3.66. The molecule has 112 valence electrons. The summed E-state index contributed by atoms with van der Waals surface area (Å²) in [4.78, 5) is 0. The van der Waals surface area contributed by atoms with Gasteiger partial charge in [-0.15, -0.1) is 0 Å². The zero-order valence-electron chi connectivity index (χ0n) is 11.8. The van der Waals surface area contributed by atoms with Crippen LogP contribution >= 0.6 is 11.6 Å². The van der Waals surface area contributed by atoms with Crippen LogP contribution in [0.1, 0.15) is 17.2 Å². The summed E-state index contributed by atoms with van der Waals surface area (Å²) < 4.78 is 31.3. The molecule has 21 heavy (non-hydrogen) atoms. The van der Waals surface area contributed by atoms with E-state index in [2.05, 4.69) is 5.32 Å². The molecule has 2 nitrogen and oxygen atoms in total. The molecule has 0 heterocycles. The van der Waals surface area contributed by atoms with Crippen molar-refractivity contribution in [2.75, 3.05) is 14.2 Å². The maximum atomic E-state index is 13.3. The van der Waals surface area contributed by atoms with Crippen molar-refractivity contribution >= 4 is 11.6 Å². The molecule has 0 aromatic heterocycles. The summed E-state index contributed by atoms with van der Waals surface area (Å²) in [6, 6.07) is 9.36. The lowest BCUT2D eigenvalue weighted by atomic mass is 9.99. The predicted molar refractivity (Wildman–Crippen MR) is 79.9 cm³/mol. The second kappa shape index (κ2) is 6.87. The fourth-order valence-electron chi connectivity index (χ4n) is 2.19. The van der Waals surface area contributed by atoms with E-state index >= 15 is 0 Å². The first-order chi connectivity index (χ1) is 10.0. The van der Waals surface area contributed by atoms with E-state index < -0.39 is 11.6 Å². The molecule has 2 rings (SSSR count). The fourth-order valence-corrected chi connectivity index (χ4v) is 2.45. The largest absolute Gasteiger partial charge is 0.495 e. The van der Waals surface area contributed by atoms with Gasteiger partial charge in [0.05, 0.1) is 12.1 Å². The van der Waals surface area contributed by atoms with Crippen LogP contribution in [0.25, 0.3) is 0 Å². The van der Waals surface area contributed by atoms with Crippen LogP contribution in [0, 0.1) is 11.6 Å². The molecule has 0 aliphatic carbocycles. The molecule has 1 N–H and O–H groups in total. The second-order valence-electron chi connectivity index (χ2n) is 4.69. The molecular formula is C16H16ClF2NO. The lowest BCUT2D eigenvalue weighted by molar-refractivity contribution is 0.414. The summed E-state index contributed by atoms with van der Waals surface area (Å²) in [5.41, 5.74) is 1.66. The van der Waals surface area contributed by atoms with E-state index in [-0.39, 0.29) is 6.04 Å². The van der Waals surface area contributed by atoms with Gasteiger partial charge in [0.2, 0.25) is 0 Å². The van der Waals surface area contributed by atoms with E-state index in [0.717, 1.165) is 11.6 Å². The van der Waals surface area contributed by atoms with Gasteiger partial charge < -0.3 is 10.1 Å². The van der Waals surface area contributed by atoms with E-state index in [1.165, 1.54) is 6.07 Å². The van der Waals surface area contributed by atoms with Gasteiger partial charge in [-0.1, -0.05) is 23.7 Å². The molecule has 0 bridgehead atoms. The maximum absolute atomic E-state index is 13.3. The van der Waals surface area contributed by atoms with E-state index in [9.17, 15) is 8.78 Å². The van der Waals surface area contributed by atoms with Gasteiger partial charge in [-0.25, -0.2) is 8.78 Å². The minimum atomic E-state index is -0.841. The van der Waals surface area contributed by atoms with Gasteiger partial charge >= 0.3 is 0 Å². The van der Waals surface area contributed by atoms with E-state index in [1.807, 2.05) is 13.1 Å². The summed E-state index contributed by atoms with van der Waals surface area (Å²) in [5.74, 6) is -1.08. The Bertz CT molecular complexity index is 634. The zero-order chi connectivity index (χ0) is 15.4. The Balaban J connectivity index is 2.23. The molecule has 2 aromatic rings. The Labute approximate surface area is 127 Å². The van der Waals surface area contributed by atoms with Gasteiger partial charge in [-0.3, -0.25) is 0 Å². The molecule has 0 radical (unpaired) electrons. The Morgan fingerprint density at radius 3 is 2.48 bits per heavy atom. The average Bonchev–Trinajstić information content (AvgIpc) is 2.48. The molecule has 5 heteroatoms. The number of hydrogen-bond donors (Lipinski definition) is 1. The SMILES string of the molecule is CNC(Cc1ccc(F)c(F)c1)c1ccc(OC)c(Cl)c1. The summed E-state index contributed by atoms with van der Waals surface area (Å²) in [6.07, 6.45) is 0.524. The topological polar surface area (TPSA) is 21.3 Å². The van der Waals surface area contributed by atoms with E-state index in [1.54, 1.807) is 25.3 Å². The van der Waals surface area contributed by atoms with Gasteiger partial charge in [0.25, 0.3) is 0 Å². The third-order valence-corrected chi connectivity index (χ3v) is 3.65. The summed E-state index contributed by atoms with van der Waals surface area (Å²) in [6.45, 7) is 0. The van der Waals surface area contributed by atoms with Gasteiger partial charge in [0.15, 0.2) is 11.6 Å². The monoisotopic (exact) mass is 311 g/mol. The molecule has 0 amide bonds. The quantitative estimate of drug-likeness (QED) is 0.896. The molecule has 0 spiro atoms. The first-order valence-corrected chi connectivity index (χ1v) is 6.87. The fraction of sp³-hybridized carbons (Fsp3) is 0.250. The highest BCUT2D eigenvalue weighted by Crippen LogP contribution is 2.29. The lowest BCUT2D eigenvalue weighted by Crippen LogP contribution is -2.19. The van der Waals surface area contributed by atoms with Crippen LogP contribution in [0.5, 0.6) is 5.75 Å². The molecular weight excluding hydrogens is 296 g/mol. The summed E-state index contributed by atoms with van der Waals surface area (Å²) >= 11 is 6.12. The van der Waals surface area contributed by atoms with Crippen molar-refractivity contribution in [1.82, 2.24) is 5.32 Å². The van der Waals surface area contributed by atoms with Crippen LogP contribution in [-0.2, 0) is 6.42 Å². The molecule has 0 saturated heterocycles.